The van der Waals surface area contributed by atoms with Crippen LogP contribution in [0.4, 0.5) is 0 Å². The summed E-state index contributed by atoms with van der Waals surface area (Å²) in [6, 6.07) is -0.850. The van der Waals surface area contributed by atoms with Crippen LogP contribution in [0.15, 0.2) is 11.0 Å². The van der Waals surface area contributed by atoms with Crippen molar-refractivity contribution in [3.63, 3.8) is 0 Å². The Morgan fingerprint density at radius 1 is 1.45 bits per heavy atom. The van der Waals surface area contributed by atoms with Gasteiger partial charge in [0.1, 0.15) is 23.3 Å². The van der Waals surface area contributed by atoms with Gasteiger partial charge in [-0.3, -0.25) is 9.59 Å². The van der Waals surface area contributed by atoms with E-state index in [1.807, 2.05) is 0 Å². The van der Waals surface area contributed by atoms with Gasteiger partial charge in [-0.1, -0.05) is 23.2 Å². The average molecular weight is 323 g/mol. The molecule has 4 atom stereocenters. The Hall–Kier alpha value is -1.15. The van der Waals surface area contributed by atoms with E-state index in [1.54, 1.807) is 0 Å². The first kappa shape index (κ1) is 15.2. The van der Waals surface area contributed by atoms with Crippen LogP contribution in [0, 0.1) is 0 Å². The minimum absolute atomic E-state index is 0.00233. The second-order valence-corrected chi connectivity index (χ2v) is 5.27. The standard InChI is InChI=1S/C11H12Cl2N2O5/c1-4(16)20-7-2-6(9(17)10(7)18)15-11(19)8(13)5(12)3-14-15/h3,6-7,9-10,17-18H,2H2,1H3. The largest absolute Gasteiger partial charge is 0.460 e. The van der Waals surface area contributed by atoms with Gasteiger partial charge in [-0.2, -0.15) is 5.10 Å². The van der Waals surface area contributed by atoms with Crippen molar-refractivity contribution in [3.8, 4) is 0 Å². The van der Waals surface area contributed by atoms with Gasteiger partial charge in [0.05, 0.1) is 17.3 Å². The van der Waals surface area contributed by atoms with E-state index in [2.05, 4.69) is 5.10 Å². The Morgan fingerprint density at radius 2 is 2.10 bits per heavy atom. The molecule has 110 valence electrons. The topological polar surface area (TPSA) is 102 Å². The molecule has 0 saturated heterocycles. The molecule has 7 nitrogen and oxygen atoms in total. The molecule has 1 saturated carbocycles. The summed E-state index contributed by atoms with van der Waals surface area (Å²) in [6.07, 6.45) is -2.29. The lowest BCUT2D eigenvalue weighted by molar-refractivity contribution is -0.152. The Bertz CT molecular complexity index is 591. The van der Waals surface area contributed by atoms with E-state index in [-0.39, 0.29) is 16.5 Å². The van der Waals surface area contributed by atoms with Crippen molar-refractivity contribution in [2.75, 3.05) is 0 Å². The first-order valence-electron chi connectivity index (χ1n) is 5.79. The molecular formula is C11H12Cl2N2O5. The van der Waals surface area contributed by atoms with E-state index < -0.39 is 35.9 Å². The van der Waals surface area contributed by atoms with E-state index in [1.165, 1.54) is 13.1 Å². The zero-order chi connectivity index (χ0) is 15.0. The fourth-order valence-corrected chi connectivity index (χ4v) is 2.46. The van der Waals surface area contributed by atoms with Crippen molar-refractivity contribution in [2.45, 2.75) is 37.7 Å². The summed E-state index contributed by atoms with van der Waals surface area (Å²) in [6.45, 7) is 1.19. The van der Waals surface area contributed by atoms with Crippen molar-refractivity contribution < 1.29 is 19.7 Å². The van der Waals surface area contributed by atoms with Crippen LogP contribution in [-0.4, -0.2) is 44.3 Å². The molecule has 0 spiro atoms. The normalized spacial score (nSPS) is 29.4. The maximum Gasteiger partial charge on any atom is 0.302 e. The van der Waals surface area contributed by atoms with Crippen molar-refractivity contribution >= 4 is 29.2 Å². The molecule has 1 heterocycles. The molecule has 1 aromatic rings. The zero-order valence-corrected chi connectivity index (χ0v) is 11.9. The second kappa shape index (κ2) is 5.69. The first-order chi connectivity index (χ1) is 9.32. The molecule has 9 heteroatoms. The number of nitrogens with zero attached hydrogens (tertiary/aromatic N) is 2. The van der Waals surface area contributed by atoms with Gasteiger partial charge in [0.15, 0.2) is 0 Å². The van der Waals surface area contributed by atoms with Crippen LogP contribution in [-0.2, 0) is 9.53 Å². The number of aromatic nitrogens is 2. The summed E-state index contributed by atoms with van der Waals surface area (Å²) in [5.41, 5.74) is -0.682. The highest BCUT2D eigenvalue weighted by molar-refractivity contribution is 6.41. The summed E-state index contributed by atoms with van der Waals surface area (Å²) in [5.74, 6) is -0.587. The smallest absolute Gasteiger partial charge is 0.302 e. The second-order valence-electron chi connectivity index (χ2n) is 4.49. The first-order valence-corrected chi connectivity index (χ1v) is 6.54. The van der Waals surface area contributed by atoms with E-state index >= 15 is 0 Å². The molecule has 0 amide bonds. The summed E-state index contributed by atoms with van der Waals surface area (Å²) in [7, 11) is 0. The van der Waals surface area contributed by atoms with E-state index in [0.29, 0.717) is 0 Å². The molecule has 0 bridgehead atoms. The number of ether oxygens (including phenoxy) is 1. The number of rotatable bonds is 2. The van der Waals surface area contributed by atoms with Gasteiger partial charge in [0.25, 0.3) is 5.56 Å². The Morgan fingerprint density at radius 3 is 2.70 bits per heavy atom. The number of hydrogen-bond acceptors (Lipinski definition) is 6. The van der Waals surface area contributed by atoms with Gasteiger partial charge in [-0.25, -0.2) is 4.68 Å². The van der Waals surface area contributed by atoms with Gasteiger partial charge in [-0.15, -0.1) is 0 Å². The van der Waals surface area contributed by atoms with Crippen LogP contribution in [0.3, 0.4) is 0 Å². The monoisotopic (exact) mass is 322 g/mol. The number of carbonyl (C=O) groups excluding carboxylic acids is 1. The predicted molar refractivity (Wildman–Crippen MR) is 69.7 cm³/mol. The van der Waals surface area contributed by atoms with Crippen LogP contribution in [0.2, 0.25) is 10.0 Å². The van der Waals surface area contributed by atoms with Crippen molar-refractivity contribution in [1.29, 1.82) is 0 Å². The number of hydrogen-bond donors (Lipinski definition) is 2. The number of aliphatic hydroxyl groups is 2. The molecule has 1 aliphatic rings. The maximum absolute atomic E-state index is 11.9. The number of esters is 1. The third kappa shape index (κ3) is 2.67. The molecule has 20 heavy (non-hydrogen) atoms. The summed E-state index contributed by atoms with van der Waals surface area (Å²) in [5, 5.41) is 23.4. The predicted octanol–water partition coefficient (Wildman–Crippen LogP) is 0.148. The van der Waals surface area contributed by atoms with E-state index in [9.17, 15) is 19.8 Å². The van der Waals surface area contributed by atoms with E-state index in [4.69, 9.17) is 27.9 Å². The van der Waals surface area contributed by atoms with Crippen molar-refractivity contribution in [1.82, 2.24) is 9.78 Å². The molecule has 2 rings (SSSR count). The molecule has 0 aliphatic heterocycles. The quantitative estimate of drug-likeness (QED) is 0.751. The molecule has 1 fully saturated rings. The third-order valence-corrected chi connectivity index (χ3v) is 3.88. The Balaban J connectivity index is 2.33. The van der Waals surface area contributed by atoms with Crippen LogP contribution in [0.1, 0.15) is 19.4 Å². The molecule has 1 aromatic heterocycles. The number of aliphatic hydroxyl groups excluding tert-OH is 2. The van der Waals surface area contributed by atoms with Crippen LogP contribution in [0.5, 0.6) is 0 Å². The Kier molecular flexibility index (Phi) is 4.33. The summed E-state index contributed by atoms with van der Waals surface area (Å²) >= 11 is 11.4. The lowest BCUT2D eigenvalue weighted by Crippen LogP contribution is -2.36. The SMILES string of the molecule is CC(=O)OC1CC(n2ncc(Cl)c(Cl)c2=O)C(O)C1O. The minimum Gasteiger partial charge on any atom is -0.460 e. The highest BCUT2D eigenvalue weighted by Crippen LogP contribution is 2.32. The lowest BCUT2D eigenvalue weighted by atomic mass is 10.2. The molecule has 0 aromatic carbocycles. The Labute approximate surface area is 123 Å². The number of carbonyl (C=O) groups is 1. The van der Waals surface area contributed by atoms with Crippen LogP contribution < -0.4 is 5.56 Å². The fourth-order valence-electron chi connectivity index (χ4n) is 2.20. The average Bonchev–Trinajstić information content (AvgIpc) is 2.64. The van der Waals surface area contributed by atoms with Gasteiger partial charge in [0, 0.05) is 13.3 Å². The summed E-state index contributed by atoms with van der Waals surface area (Å²) < 4.78 is 5.82. The molecular weight excluding hydrogens is 311 g/mol. The maximum atomic E-state index is 11.9. The van der Waals surface area contributed by atoms with Gasteiger partial charge >= 0.3 is 5.97 Å². The molecule has 0 radical (unpaired) electrons. The highest BCUT2D eigenvalue weighted by atomic mass is 35.5. The fraction of sp³-hybridized carbons (Fsp3) is 0.545. The summed E-state index contributed by atoms with van der Waals surface area (Å²) in [4.78, 5) is 22.9. The van der Waals surface area contributed by atoms with Gasteiger partial charge in [-0.05, 0) is 0 Å². The van der Waals surface area contributed by atoms with Gasteiger partial charge < -0.3 is 14.9 Å². The van der Waals surface area contributed by atoms with Crippen molar-refractivity contribution in [3.05, 3.63) is 26.6 Å². The molecule has 2 N–H and O–H groups in total. The van der Waals surface area contributed by atoms with Crippen molar-refractivity contribution in [2.24, 2.45) is 0 Å². The van der Waals surface area contributed by atoms with Crippen LogP contribution >= 0.6 is 23.2 Å². The zero-order valence-electron chi connectivity index (χ0n) is 10.4. The number of halogens is 2. The van der Waals surface area contributed by atoms with E-state index in [0.717, 1.165) is 4.68 Å². The highest BCUT2D eigenvalue weighted by Gasteiger charge is 2.45. The third-order valence-electron chi connectivity index (χ3n) is 3.13. The molecule has 4 unspecified atom stereocenters. The lowest BCUT2D eigenvalue weighted by Gasteiger charge is -2.17. The van der Waals surface area contributed by atoms with Gasteiger partial charge in [0.2, 0.25) is 0 Å². The minimum atomic E-state index is -1.30. The van der Waals surface area contributed by atoms with Crippen LogP contribution in [0.25, 0.3) is 0 Å². The molecule has 1 aliphatic carbocycles.